The summed E-state index contributed by atoms with van der Waals surface area (Å²) in [4.78, 5) is 13.7. The Kier molecular flexibility index (Phi) is 4.07. The van der Waals surface area contributed by atoms with Gasteiger partial charge in [0.1, 0.15) is 5.60 Å². The Balaban J connectivity index is 4.04. The van der Waals surface area contributed by atoms with Crippen LogP contribution in [0.3, 0.4) is 0 Å². The Hall–Kier alpha value is -1.42. The molecule has 0 aromatic rings. The first-order chi connectivity index (χ1) is 5.87. The third kappa shape index (κ3) is 5.81. The molecule has 0 radical (unpaired) electrons. The largest absolute Gasteiger partial charge is 0.457 e. The van der Waals surface area contributed by atoms with E-state index in [0.717, 1.165) is 0 Å². The number of esters is 1. The summed E-state index contributed by atoms with van der Waals surface area (Å²) < 4.78 is 5.01. The van der Waals surface area contributed by atoms with E-state index in [1.165, 1.54) is 0 Å². The fourth-order valence-electron chi connectivity index (χ4n) is 0.555. The van der Waals surface area contributed by atoms with Gasteiger partial charge in [-0.2, -0.15) is 4.91 Å². The van der Waals surface area contributed by atoms with Gasteiger partial charge in [0.05, 0.1) is 0 Å². The summed E-state index contributed by atoms with van der Waals surface area (Å²) >= 11 is 0. The number of ether oxygens (including phenoxy) is 1. The van der Waals surface area contributed by atoms with Gasteiger partial charge in [-0.15, -0.1) is 5.53 Å². The minimum absolute atomic E-state index is 0.445. The molecule has 0 amide bonds. The Bertz CT molecular complexity index is 227. The van der Waals surface area contributed by atoms with E-state index in [0.29, 0.717) is 0 Å². The summed E-state index contributed by atoms with van der Waals surface area (Å²) in [6.45, 7) is 6.87. The van der Waals surface area contributed by atoms with Gasteiger partial charge in [0.15, 0.2) is 6.04 Å². The Morgan fingerprint density at radius 3 is 2.54 bits per heavy atom. The molecule has 0 aliphatic rings. The van der Waals surface area contributed by atoms with Gasteiger partial charge in [-0.05, 0) is 32.9 Å². The predicted octanol–water partition coefficient (Wildman–Crippen LogP) is 1.53. The average Bonchev–Trinajstić information content (AvgIpc) is 1.96. The third-order valence-electron chi connectivity index (χ3n) is 1.06. The van der Waals surface area contributed by atoms with Gasteiger partial charge in [0.25, 0.3) is 0 Å². The SMILES string of the molecule is C[C@H](NN=[N+]=[N-])C(=O)OC(C)(C)C. The van der Waals surface area contributed by atoms with Crippen LogP contribution in [0.5, 0.6) is 0 Å². The first-order valence-electron chi connectivity index (χ1n) is 3.89. The molecule has 0 spiro atoms. The van der Waals surface area contributed by atoms with Crippen molar-refractivity contribution in [3.63, 3.8) is 0 Å². The van der Waals surface area contributed by atoms with Gasteiger partial charge in [-0.3, -0.25) is 0 Å². The zero-order valence-electron chi connectivity index (χ0n) is 8.24. The maximum Gasteiger partial charge on any atom is 0.351 e. The second-order valence-corrected chi connectivity index (χ2v) is 3.57. The van der Waals surface area contributed by atoms with Crippen LogP contribution in [-0.4, -0.2) is 17.6 Å². The van der Waals surface area contributed by atoms with E-state index in [4.69, 9.17) is 10.3 Å². The molecular weight excluding hydrogens is 172 g/mol. The lowest BCUT2D eigenvalue weighted by Crippen LogP contribution is -2.36. The van der Waals surface area contributed by atoms with Crippen LogP contribution in [0.4, 0.5) is 0 Å². The smallest absolute Gasteiger partial charge is 0.351 e. The number of azide groups is 1. The van der Waals surface area contributed by atoms with Gasteiger partial charge < -0.3 is 4.74 Å². The number of hydrogen-bond donors (Lipinski definition) is 1. The zero-order chi connectivity index (χ0) is 10.5. The van der Waals surface area contributed by atoms with E-state index in [9.17, 15) is 4.79 Å². The molecule has 1 N–H and O–H groups in total. The molecule has 0 fully saturated rings. The van der Waals surface area contributed by atoms with Crippen molar-refractivity contribution in [2.75, 3.05) is 0 Å². The molecule has 0 aliphatic heterocycles. The average molecular weight is 186 g/mol. The molecule has 0 unspecified atom stereocenters. The van der Waals surface area contributed by atoms with Crippen molar-refractivity contribution in [2.45, 2.75) is 39.3 Å². The second kappa shape index (κ2) is 4.57. The monoisotopic (exact) mass is 186 g/mol. The summed E-state index contributed by atoms with van der Waals surface area (Å²) in [5, 5.41) is 3.05. The second-order valence-electron chi connectivity index (χ2n) is 3.57. The minimum atomic E-state index is -0.630. The molecule has 0 aromatic heterocycles. The van der Waals surface area contributed by atoms with Gasteiger partial charge in [0, 0.05) is 0 Å². The van der Waals surface area contributed by atoms with Crippen molar-refractivity contribution in [1.82, 2.24) is 5.43 Å². The maximum atomic E-state index is 11.2. The third-order valence-corrected chi connectivity index (χ3v) is 1.06. The number of nitrogens with one attached hydrogen (secondary N) is 1. The minimum Gasteiger partial charge on any atom is -0.457 e. The highest BCUT2D eigenvalue weighted by molar-refractivity contribution is 5.75. The standard InChI is InChI=1S/C7H14N4O2/c1-5(9-11-10-8)6(12)13-7(2,3)4/h5,9H,1-4H3/t5-/m0/s1. The molecule has 0 bridgehead atoms. The summed E-state index contributed by atoms with van der Waals surface area (Å²) in [6, 6.07) is -0.630. The molecular formula is C7H14N4O2. The molecule has 0 aliphatic carbocycles. The van der Waals surface area contributed by atoms with E-state index in [-0.39, 0.29) is 0 Å². The Morgan fingerprint density at radius 2 is 2.15 bits per heavy atom. The van der Waals surface area contributed by atoms with E-state index in [2.05, 4.69) is 15.6 Å². The van der Waals surface area contributed by atoms with Crippen LogP contribution in [0.2, 0.25) is 0 Å². The molecule has 0 saturated heterocycles. The number of nitrogens with zero attached hydrogens (tertiary/aromatic N) is 3. The lowest BCUT2D eigenvalue weighted by molar-refractivity contribution is -0.156. The fraction of sp³-hybridized carbons (Fsp3) is 0.857. The summed E-state index contributed by atoms with van der Waals surface area (Å²) in [6.07, 6.45) is 0. The fourth-order valence-corrected chi connectivity index (χ4v) is 0.555. The first kappa shape index (κ1) is 11.6. The highest BCUT2D eigenvalue weighted by Crippen LogP contribution is 2.08. The topological polar surface area (TPSA) is 87.1 Å². The number of rotatable bonds is 3. The Morgan fingerprint density at radius 1 is 1.62 bits per heavy atom. The highest BCUT2D eigenvalue weighted by atomic mass is 16.6. The van der Waals surface area contributed by atoms with Crippen molar-refractivity contribution in [3.8, 4) is 0 Å². The highest BCUT2D eigenvalue weighted by Gasteiger charge is 2.22. The van der Waals surface area contributed by atoms with Crippen molar-refractivity contribution >= 4 is 5.97 Å². The van der Waals surface area contributed by atoms with E-state index in [1.807, 2.05) is 0 Å². The molecule has 0 heterocycles. The molecule has 1 atom stereocenters. The van der Waals surface area contributed by atoms with E-state index in [1.54, 1.807) is 27.7 Å². The van der Waals surface area contributed by atoms with Crippen LogP contribution in [-0.2, 0) is 9.53 Å². The van der Waals surface area contributed by atoms with Crippen LogP contribution in [0.1, 0.15) is 27.7 Å². The zero-order valence-corrected chi connectivity index (χ0v) is 8.24. The molecule has 0 rings (SSSR count). The first-order valence-corrected chi connectivity index (χ1v) is 3.89. The van der Waals surface area contributed by atoms with Gasteiger partial charge >= 0.3 is 5.97 Å². The summed E-state index contributed by atoms with van der Waals surface area (Å²) in [5.74, 6) is -0.445. The molecule has 6 nitrogen and oxygen atoms in total. The van der Waals surface area contributed by atoms with Crippen LogP contribution >= 0.6 is 0 Å². The van der Waals surface area contributed by atoms with Crippen LogP contribution in [0.15, 0.2) is 5.22 Å². The van der Waals surface area contributed by atoms with Crippen LogP contribution < -0.4 is 5.43 Å². The van der Waals surface area contributed by atoms with Crippen molar-refractivity contribution in [2.24, 2.45) is 5.22 Å². The normalized spacial score (nSPS) is 12.6. The maximum absolute atomic E-state index is 11.2. The predicted molar refractivity (Wildman–Crippen MR) is 47.6 cm³/mol. The number of carbonyl (C=O) groups is 1. The van der Waals surface area contributed by atoms with Gasteiger partial charge in [-0.1, -0.05) is 0 Å². The molecule has 13 heavy (non-hydrogen) atoms. The van der Waals surface area contributed by atoms with Crippen molar-refractivity contribution in [3.05, 3.63) is 10.4 Å². The van der Waals surface area contributed by atoms with Crippen molar-refractivity contribution in [1.29, 1.82) is 0 Å². The molecule has 0 aromatic carbocycles. The van der Waals surface area contributed by atoms with E-state index >= 15 is 0 Å². The van der Waals surface area contributed by atoms with Gasteiger partial charge in [0.2, 0.25) is 0 Å². The Labute approximate surface area is 76.9 Å². The van der Waals surface area contributed by atoms with Crippen LogP contribution in [0.25, 0.3) is 10.4 Å². The van der Waals surface area contributed by atoms with E-state index < -0.39 is 17.6 Å². The molecule has 74 valence electrons. The van der Waals surface area contributed by atoms with Gasteiger partial charge in [-0.25, -0.2) is 10.2 Å². The lowest BCUT2D eigenvalue weighted by Gasteiger charge is -2.20. The molecule has 6 heteroatoms. The molecule has 0 saturated carbocycles. The number of carbonyl (C=O) groups excluding carboxylic acids is 1. The van der Waals surface area contributed by atoms with Crippen LogP contribution in [0, 0.1) is 0 Å². The lowest BCUT2D eigenvalue weighted by atomic mass is 10.2. The quantitative estimate of drug-likeness (QED) is 0.238. The van der Waals surface area contributed by atoms with Crippen molar-refractivity contribution < 1.29 is 9.53 Å². The number of hydrogen-bond acceptors (Lipinski definition) is 3. The summed E-state index contributed by atoms with van der Waals surface area (Å²) in [7, 11) is 0. The summed E-state index contributed by atoms with van der Waals surface area (Å²) in [5.41, 5.74) is 9.74.